The number of carboxylic acids is 1. The standard InChI is InChI=1S/C24H27ClN4O4/c25-20-12-7-8-13-21(20)29(19-10-4-3-5-11-19)24-26-16-18(23(31)32)17-28(24)15-9-2-1-6-14-22(30)27-33/h3-5,7-8,10-13,16-17,24,33H,1-2,6,9,14-15H2,(H,27,30)(H,31,32). The fourth-order valence-corrected chi connectivity index (χ4v) is 3.87. The summed E-state index contributed by atoms with van der Waals surface area (Å²) in [5.41, 5.74) is 3.38. The number of nitrogens with zero attached hydrogens (tertiary/aromatic N) is 3. The van der Waals surface area contributed by atoms with Gasteiger partial charge in [-0.2, -0.15) is 0 Å². The Morgan fingerprint density at radius 1 is 1.03 bits per heavy atom. The van der Waals surface area contributed by atoms with Crippen molar-refractivity contribution in [3.63, 3.8) is 0 Å². The number of carbonyl (C=O) groups excluding carboxylic acids is 1. The van der Waals surface area contributed by atoms with Crippen LogP contribution in [-0.2, 0) is 9.59 Å². The number of unbranched alkanes of at least 4 members (excludes halogenated alkanes) is 3. The van der Waals surface area contributed by atoms with E-state index >= 15 is 0 Å². The Morgan fingerprint density at radius 2 is 1.73 bits per heavy atom. The van der Waals surface area contributed by atoms with Crippen molar-refractivity contribution in [3.05, 3.63) is 71.4 Å². The molecule has 0 radical (unpaired) electrons. The van der Waals surface area contributed by atoms with E-state index in [9.17, 15) is 14.7 Å². The van der Waals surface area contributed by atoms with Gasteiger partial charge in [0.1, 0.15) is 0 Å². The summed E-state index contributed by atoms with van der Waals surface area (Å²) in [6.45, 7) is 0.568. The van der Waals surface area contributed by atoms with Crippen molar-refractivity contribution < 1.29 is 19.9 Å². The topological polar surface area (TPSA) is 105 Å². The smallest absolute Gasteiger partial charge is 0.338 e. The quantitative estimate of drug-likeness (QED) is 0.252. The minimum absolute atomic E-state index is 0.109. The summed E-state index contributed by atoms with van der Waals surface area (Å²) in [7, 11) is 0. The van der Waals surface area contributed by atoms with E-state index in [1.165, 1.54) is 6.21 Å². The second-order valence-corrected chi connectivity index (χ2v) is 8.02. The maximum absolute atomic E-state index is 11.6. The number of benzene rings is 2. The maximum Gasteiger partial charge on any atom is 0.338 e. The van der Waals surface area contributed by atoms with Crippen LogP contribution in [-0.4, -0.2) is 46.1 Å². The third-order valence-electron chi connectivity index (χ3n) is 5.27. The number of amides is 1. The SMILES string of the molecule is O=C(CCCCCCN1C=C(C(=O)O)C=NC1N(c1ccccc1)c1ccccc1Cl)NO. The zero-order chi connectivity index (χ0) is 23.6. The molecule has 0 saturated heterocycles. The van der Waals surface area contributed by atoms with Gasteiger partial charge in [0.2, 0.25) is 12.2 Å². The number of anilines is 2. The summed E-state index contributed by atoms with van der Waals surface area (Å²) < 4.78 is 0. The van der Waals surface area contributed by atoms with E-state index in [0.29, 0.717) is 18.0 Å². The number of hydroxylamine groups is 1. The molecule has 2 aromatic carbocycles. The molecule has 1 aliphatic rings. The van der Waals surface area contributed by atoms with E-state index in [2.05, 4.69) is 4.99 Å². The fourth-order valence-electron chi connectivity index (χ4n) is 3.64. The summed E-state index contributed by atoms with van der Waals surface area (Å²) in [5.74, 6) is -1.44. The molecule has 0 fully saturated rings. The van der Waals surface area contributed by atoms with E-state index in [1.54, 1.807) is 11.7 Å². The molecule has 2 aromatic rings. The second-order valence-electron chi connectivity index (χ2n) is 7.61. The Morgan fingerprint density at radius 3 is 2.42 bits per heavy atom. The van der Waals surface area contributed by atoms with Crippen LogP contribution in [0.25, 0.3) is 0 Å². The number of nitrogens with one attached hydrogen (secondary N) is 1. The van der Waals surface area contributed by atoms with Crippen LogP contribution in [0.15, 0.2) is 71.4 Å². The van der Waals surface area contributed by atoms with Gasteiger partial charge in [0.15, 0.2) is 0 Å². The summed E-state index contributed by atoms with van der Waals surface area (Å²) in [6, 6.07) is 17.2. The molecule has 33 heavy (non-hydrogen) atoms. The number of rotatable bonds is 11. The van der Waals surface area contributed by atoms with Crippen molar-refractivity contribution in [1.82, 2.24) is 10.4 Å². The van der Waals surface area contributed by atoms with Gasteiger partial charge >= 0.3 is 5.97 Å². The lowest BCUT2D eigenvalue weighted by Crippen LogP contribution is -2.45. The van der Waals surface area contributed by atoms with Crippen LogP contribution in [0.4, 0.5) is 11.4 Å². The molecule has 174 valence electrons. The van der Waals surface area contributed by atoms with Crippen molar-refractivity contribution >= 4 is 41.1 Å². The second kappa shape index (κ2) is 12.0. The average Bonchev–Trinajstić information content (AvgIpc) is 2.83. The van der Waals surface area contributed by atoms with E-state index in [0.717, 1.165) is 30.6 Å². The number of hydrogen-bond acceptors (Lipinski definition) is 6. The molecule has 0 aromatic heterocycles. The molecule has 0 bridgehead atoms. The number of carbonyl (C=O) groups is 2. The van der Waals surface area contributed by atoms with Crippen molar-refractivity contribution in [2.45, 2.75) is 38.4 Å². The predicted octanol–water partition coefficient (Wildman–Crippen LogP) is 4.57. The minimum atomic E-state index is -1.04. The molecule has 0 aliphatic carbocycles. The van der Waals surface area contributed by atoms with Crippen LogP contribution in [0, 0.1) is 0 Å². The Kier molecular flexibility index (Phi) is 8.86. The Balaban J connectivity index is 1.82. The molecular weight excluding hydrogens is 444 g/mol. The average molecular weight is 471 g/mol. The Labute approximate surface area is 197 Å². The highest BCUT2D eigenvalue weighted by Gasteiger charge is 2.29. The van der Waals surface area contributed by atoms with Gasteiger partial charge < -0.3 is 14.9 Å². The lowest BCUT2D eigenvalue weighted by atomic mass is 10.1. The maximum atomic E-state index is 11.6. The lowest BCUT2D eigenvalue weighted by Gasteiger charge is -2.40. The summed E-state index contributed by atoms with van der Waals surface area (Å²) in [6.07, 6.45) is 5.86. The lowest BCUT2D eigenvalue weighted by molar-refractivity contribution is -0.132. The van der Waals surface area contributed by atoms with Crippen molar-refractivity contribution in [1.29, 1.82) is 0 Å². The van der Waals surface area contributed by atoms with Gasteiger partial charge in [0.05, 0.1) is 16.3 Å². The van der Waals surface area contributed by atoms with Crippen LogP contribution in [0.5, 0.6) is 0 Å². The summed E-state index contributed by atoms with van der Waals surface area (Å²) >= 11 is 6.54. The van der Waals surface area contributed by atoms with Gasteiger partial charge in [-0.15, -0.1) is 0 Å². The molecule has 1 aliphatic heterocycles. The van der Waals surface area contributed by atoms with Crippen LogP contribution < -0.4 is 10.4 Å². The number of aliphatic carboxylic acids is 1. The molecule has 1 atom stereocenters. The van der Waals surface area contributed by atoms with E-state index in [4.69, 9.17) is 16.8 Å². The summed E-state index contributed by atoms with van der Waals surface area (Å²) in [4.78, 5) is 31.2. The highest BCUT2D eigenvalue weighted by Crippen LogP contribution is 2.35. The monoisotopic (exact) mass is 470 g/mol. The normalized spacial score (nSPS) is 15.2. The molecule has 3 N–H and O–H groups in total. The first-order valence-corrected chi connectivity index (χ1v) is 11.1. The van der Waals surface area contributed by atoms with E-state index in [1.807, 2.05) is 64.4 Å². The number of aliphatic imine (C=N–C) groups is 1. The first-order chi connectivity index (χ1) is 16.0. The highest BCUT2D eigenvalue weighted by atomic mass is 35.5. The number of carboxylic acid groups (broad SMARTS) is 1. The van der Waals surface area contributed by atoms with Crippen molar-refractivity contribution in [2.24, 2.45) is 4.99 Å². The zero-order valence-electron chi connectivity index (χ0n) is 18.1. The third kappa shape index (κ3) is 6.57. The van der Waals surface area contributed by atoms with Crippen LogP contribution in [0.1, 0.15) is 32.1 Å². The van der Waals surface area contributed by atoms with Gasteiger partial charge in [-0.1, -0.05) is 54.8 Å². The van der Waals surface area contributed by atoms with E-state index < -0.39 is 18.2 Å². The van der Waals surface area contributed by atoms with Gasteiger partial charge in [-0.3, -0.25) is 10.0 Å². The minimum Gasteiger partial charge on any atom is -0.478 e. The molecule has 0 saturated carbocycles. The van der Waals surface area contributed by atoms with E-state index in [-0.39, 0.29) is 12.0 Å². The first kappa shape index (κ1) is 24.3. The van der Waals surface area contributed by atoms with Gasteiger partial charge in [-0.05, 0) is 37.1 Å². The van der Waals surface area contributed by atoms with Gasteiger partial charge in [-0.25, -0.2) is 15.3 Å². The molecule has 1 unspecified atom stereocenters. The molecule has 0 spiro atoms. The molecule has 8 nitrogen and oxygen atoms in total. The first-order valence-electron chi connectivity index (χ1n) is 10.8. The molecule has 3 rings (SSSR count). The van der Waals surface area contributed by atoms with Gasteiger partial charge in [0, 0.05) is 31.1 Å². The largest absolute Gasteiger partial charge is 0.478 e. The molecule has 9 heteroatoms. The predicted molar refractivity (Wildman–Crippen MR) is 128 cm³/mol. The molecule has 1 heterocycles. The van der Waals surface area contributed by atoms with Crippen molar-refractivity contribution in [2.75, 3.05) is 11.4 Å². The Bertz CT molecular complexity index is 1010. The number of para-hydroxylation sites is 2. The molecule has 1 amide bonds. The highest BCUT2D eigenvalue weighted by molar-refractivity contribution is 6.33. The zero-order valence-corrected chi connectivity index (χ0v) is 18.9. The van der Waals surface area contributed by atoms with Crippen molar-refractivity contribution in [3.8, 4) is 0 Å². The Hall–Kier alpha value is -3.36. The van der Waals surface area contributed by atoms with Crippen LogP contribution >= 0.6 is 11.6 Å². The number of hydrogen-bond donors (Lipinski definition) is 3. The van der Waals surface area contributed by atoms with Gasteiger partial charge in [0.25, 0.3) is 0 Å². The van der Waals surface area contributed by atoms with Crippen LogP contribution in [0.3, 0.4) is 0 Å². The third-order valence-corrected chi connectivity index (χ3v) is 5.59. The molecular formula is C24H27ClN4O4. The fraction of sp³-hybridized carbons (Fsp3) is 0.292. The number of halogens is 1. The van der Waals surface area contributed by atoms with Crippen LogP contribution in [0.2, 0.25) is 5.02 Å². The summed E-state index contributed by atoms with van der Waals surface area (Å²) in [5, 5.41) is 18.6.